The largest absolute Gasteiger partial charge is 0.395 e. The predicted octanol–water partition coefficient (Wildman–Crippen LogP) is 3.86. The van der Waals surface area contributed by atoms with E-state index < -0.39 is 0 Å². The minimum absolute atomic E-state index is 0.158. The van der Waals surface area contributed by atoms with Gasteiger partial charge in [-0.15, -0.1) is 0 Å². The van der Waals surface area contributed by atoms with Crippen LogP contribution in [0.15, 0.2) is 60.8 Å². The van der Waals surface area contributed by atoms with Crippen LogP contribution >= 0.6 is 11.6 Å². The van der Waals surface area contributed by atoms with Crippen molar-refractivity contribution in [1.82, 2.24) is 14.8 Å². The van der Waals surface area contributed by atoms with Crippen LogP contribution in [0, 0.1) is 0 Å². The molecule has 0 saturated carbocycles. The quantitative estimate of drug-likeness (QED) is 0.351. The number of amides is 2. The number of β-amino-alcohol motifs (C(OH)–C–C–N with tert-alkyl or cyclic N) is 1. The van der Waals surface area contributed by atoms with Crippen molar-refractivity contribution in [3.8, 4) is 0 Å². The first kappa shape index (κ1) is 24.6. The van der Waals surface area contributed by atoms with Gasteiger partial charge < -0.3 is 15.3 Å². The maximum absolute atomic E-state index is 13.5. The van der Waals surface area contributed by atoms with Crippen molar-refractivity contribution in [2.24, 2.45) is 0 Å². The molecule has 1 aromatic heterocycles. The molecule has 2 aliphatic heterocycles. The summed E-state index contributed by atoms with van der Waals surface area (Å²) in [5.74, 6) is -0.544. The molecule has 38 heavy (non-hydrogen) atoms. The van der Waals surface area contributed by atoms with Gasteiger partial charge in [0.2, 0.25) is 0 Å². The molecule has 1 fully saturated rings. The molecule has 1 saturated heterocycles. The number of fused-ring (bicyclic) bond motifs is 1. The third-order valence-electron chi connectivity index (χ3n) is 7.45. The number of anilines is 2. The molecular formula is C29H28ClN5O3. The number of halogens is 1. The number of imide groups is 1. The molecule has 0 spiro atoms. The zero-order chi connectivity index (χ0) is 26.2. The summed E-state index contributed by atoms with van der Waals surface area (Å²) in [4.78, 5) is 37.3. The van der Waals surface area contributed by atoms with Crippen molar-refractivity contribution in [2.45, 2.75) is 0 Å². The number of hydrogen-bond acceptors (Lipinski definition) is 7. The maximum atomic E-state index is 13.5. The Morgan fingerprint density at radius 3 is 2.47 bits per heavy atom. The van der Waals surface area contributed by atoms with E-state index in [1.807, 2.05) is 48.5 Å². The van der Waals surface area contributed by atoms with Crippen LogP contribution in [0.4, 0.5) is 11.4 Å². The van der Waals surface area contributed by atoms with Crippen molar-refractivity contribution in [2.75, 3.05) is 62.6 Å². The highest BCUT2D eigenvalue weighted by Crippen LogP contribution is 2.36. The molecule has 0 unspecified atom stereocenters. The fourth-order valence-electron chi connectivity index (χ4n) is 5.54. The summed E-state index contributed by atoms with van der Waals surface area (Å²) in [5.41, 5.74) is 3.80. The molecule has 3 heterocycles. The Balaban J connectivity index is 1.23. The Hall–Kier alpha value is -3.72. The SMILES string of the molecule is O=C1c2cccc3c(N4CCN(CCO)CC4)ccc(c23)C(=O)N1CCNc1ccnc2cc(Cl)ccc12. The first-order valence-corrected chi connectivity index (χ1v) is 13.2. The summed E-state index contributed by atoms with van der Waals surface area (Å²) >= 11 is 6.10. The van der Waals surface area contributed by atoms with E-state index >= 15 is 0 Å². The first-order valence-electron chi connectivity index (χ1n) is 12.8. The van der Waals surface area contributed by atoms with Gasteiger partial charge in [0, 0.05) is 95.7 Å². The fourth-order valence-corrected chi connectivity index (χ4v) is 5.71. The van der Waals surface area contributed by atoms with Gasteiger partial charge in [-0.25, -0.2) is 0 Å². The number of hydrogen-bond donors (Lipinski definition) is 2. The molecule has 2 N–H and O–H groups in total. The van der Waals surface area contributed by atoms with Crippen molar-refractivity contribution in [3.05, 3.63) is 76.9 Å². The number of benzene rings is 3. The Kier molecular flexibility index (Phi) is 6.61. The smallest absolute Gasteiger partial charge is 0.261 e. The number of aliphatic hydroxyl groups excluding tert-OH is 1. The van der Waals surface area contributed by atoms with Gasteiger partial charge >= 0.3 is 0 Å². The monoisotopic (exact) mass is 529 g/mol. The van der Waals surface area contributed by atoms with Crippen molar-refractivity contribution >= 4 is 56.5 Å². The Labute approximate surface area is 225 Å². The number of pyridine rings is 1. The zero-order valence-electron chi connectivity index (χ0n) is 20.9. The molecule has 4 aromatic rings. The highest BCUT2D eigenvalue weighted by Gasteiger charge is 2.33. The summed E-state index contributed by atoms with van der Waals surface area (Å²) in [5, 5.41) is 15.8. The molecule has 3 aromatic carbocycles. The third-order valence-corrected chi connectivity index (χ3v) is 7.69. The highest BCUT2D eigenvalue weighted by atomic mass is 35.5. The number of nitrogens with zero attached hydrogens (tertiary/aromatic N) is 4. The number of aromatic nitrogens is 1. The summed E-state index contributed by atoms with van der Waals surface area (Å²) in [7, 11) is 0. The van der Waals surface area contributed by atoms with Crippen LogP contribution in [-0.2, 0) is 0 Å². The Morgan fingerprint density at radius 1 is 0.895 bits per heavy atom. The Morgan fingerprint density at radius 2 is 1.68 bits per heavy atom. The molecule has 0 atom stereocenters. The van der Waals surface area contributed by atoms with E-state index in [2.05, 4.69) is 20.1 Å². The molecule has 0 aliphatic carbocycles. The van der Waals surface area contributed by atoms with E-state index in [1.165, 1.54) is 4.90 Å². The van der Waals surface area contributed by atoms with Gasteiger partial charge in [-0.05, 0) is 42.5 Å². The molecule has 2 amide bonds. The van der Waals surface area contributed by atoms with Gasteiger partial charge in [-0.2, -0.15) is 0 Å². The second-order valence-corrected chi connectivity index (χ2v) is 10.1. The molecule has 2 aliphatic rings. The minimum Gasteiger partial charge on any atom is -0.395 e. The number of nitrogens with one attached hydrogen (secondary N) is 1. The van der Waals surface area contributed by atoms with E-state index in [0.29, 0.717) is 29.2 Å². The normalized spacial score (nSPS) is 16.1. The van der Waals surface area contributed by atoms with Gasteiger partial charge in [-0.3, -0.25) is 24.4 Å². The van der Waals surface area contributed by atoms with E-state index in [-0.39, 0.29) is 25.0 Å². The topological polar surface area (TPSA) is 89.0 Å². The number of piperazine rings is 1. The van der Waals surface area contributed by atoms with E-state index in [1.54, 1.807) is 12.3 Å². The van der Waals surface area contributed by atoms with Crippen LogP contribution in [0.25, 0.3) is 21.7 Å². The number of carbonyl (C=O) groups is 2. The van der Waals surface area contributed by atoms with E-state index in [9.17, 15) is 14.7 Å². The first-order chi connectivity index (χ1) is 18.5. The third kappa shape index (κ3) is 4.34. The second-order valence-electron chi connectivity index (χ2n) is 9.62. The summed E-state index contributed by atoms with van der Waals surface area (Å²) in [6.07, 6.45) is 1.71. The zero-order valence-corrected chi connectivity index (χ0v) is 21.6. The average molecular weight is 530 g/mol. The highest BCUT2D eigenvalue weighted by molar-refractivity contribution is 6.31. The number of carbonyl (C=O) groups excluding carboxylic acids is 2. The molecule has 194 valence electrons. The molecule has 6 rings (SSSR count). The van der Waals surface area contributed by atoms with Gasteiger partial charge in [0.15, 0.2) is 0 Å². The van der Waals surface area contributed by atoms with Crippen LogP contribution in [0.2, 0.25) is 5.02 Å². The van der Waals surface area contributed by atoms with Crippen molar-refractivity contribution < 1.29 is 14.7 Å². The summed E-state index contributed by atoms with van der Waals surface area (Å²) < 4.78 is 0. The van der Waals surface area contributed by atoms with E-state index in [0.717, 1.165) is 59.2 Å². The van der Waals surface area contributed by atoms with E-state index in [4.69, 9.17) is 11.6 Å². The fraction of sp³-hybridized carbons (Fsp3) is 0.276. The van der Waals surface area contributed by atoms with Gasteiger partial charge in [-0.1, -0.05) is 23.7 Å². The van der Waals surface area contributed by atoms with Gasteiger partial charge in [0.25, 0.3) is 11.8 Å². The molecular weight excluding hydrogens is 502 g/mol. The average Bonchev–Trinajstić information content (AvgIpc) is 2.94. The maximum Gasteiger partial charge on any atom is 0.261 e. The number of aliphatic hydroxyl groups is 1. The van der Waals surface area contributed by atoms with Crippen molar-refractivity contribution in [1.29, 1.82) is 0 Å². The van der Waals surface area contributed by atoms with Crippen LogP contribution in [-0.4, -0.2) is 84.1 Å². The predicted molar refractivity (Wildman–Crippen MR) is 150 cm³/mol. The lowest BCUT2D eigenvalue weighted by atomic mass is 9.92. The lowest BCUT2D eigenvalue weighted by Crippen LogP contribution is -2.47. The van der Waals surface area contributed by atoms with Crippen LogP contribution in [0.1, 0.15) is 20.7 Å². The van der Waals surface area contributed by atoms with Gasteiger partial charge in [0.1, 0.15) is 0 Å². The summed E-state index contributed by atoms with van der Waals surface area (Å²) in [6.45, 7) is 4.86. The van der Waals surface area contributed by atoms with Crippen molar-refractivity contribution in [3.63, 3.8) is 0 Å². The Bertz CT molecular complexity index is 1530. The van der Waals surface area contributed by atoms with Crippen LogP contribution in [0.5, 0.6) is 0 Å². The second kappa shape index (κ2) is 10.2. The lowest BCUT2D eigenvalue weighted by Gasteiger charge is -2.37. The molecule has 0 bridgehead atoms. The minimum atomic E-state index is -0.272. The van der Waals surface area contributed by atoms with Crippen LogP contribution in [0.3, 0.4) is 0 Å². The molecule has 0 radical (unpaired) electrons. The standard InChI is InChI=1S/C29H28ClN5O3/c30-19-4-5-20-24(8-9-31-25(20)18-19)32-10-11-35-28(37)22-3-1-2-21-26(7-6-23(27(21)22)29(35)38)34-14-12-33(13-15-34)16-17-36/h1-9,18,36H,10-17H2,(H,31,32). The molecule has 9 heteroatoms. The molecule has 8 nitrogen and oxygen atoms in total. The number of rotatable bonds is 7. The summed E-state index contributed by atoms with van der Waals surface area (Å²) in [6, 6.07) is 17.0. The lowest BCUT2D eigenvalue weighted by molar-refractivity contribution is 0.0617. The van der Waals surface area contributed by atoms with Gasteiger partial charge in [0.05, 0.1) is 12.1 Å². The van der Waals surface area contributed by atoms with Crippen LogP contribution < -0.4 is 10.2 Å².